The van der Waals surface area contributed by atoms with Crippen LogP contribution in [-0.2, 0) is 22.6 Å². The Morgan fingerprint density at radius 2 is 1.77 bits per heavy atom. The first-order valence-corrected chi connectivity index (χ1v) is 7.85. The molecule has 22 heavy (non-hydrogen) atoms. The molecule has 1 fully saturated rings. The van der Waals surface area contributed by atoms with Crippen LogP contribution in [0.3, 0.4) is 0 Å². The molecule has 120 valence electrons. The SMILES string of the molecule is CC(=O)NCCc1cccc(CN2CCN(C(C)=O)CC2)c1. The van der Waals surface area contributed by atoms with Gasteiger partial charge in [-0.3, -0.25) is 14.5 Å². The van der Waals surface area contributed by atoms with Crippen LogP contribution in [0.4, 0.5) is 0 Å². The first kappa shape index (κ1) is 16.5. The highest BCUT2D eigenvalue weighted by Crippen LogP contribution is 2.11. The molecule has 0 aliphatic carbocycles. The maximum absolute atomic E-state index is 11.3. The zero-order valence-electron chi connectivity index (χ0n) is 13.5. The first-order valence-electron chi connectivity index (χ1n) is 7.85. The summed E-state index contributed by atoms with van der Waals surface area (Å²) in [5.41, 5.74) is 2.53. The van der Waals surface area contributed by atoms with Gasteiger partial charge in [-0.2, -0.15) is 0 Å². The van der Waals surface area contributed by atoms with E-state index in [-0.39, 0.29) is 11.8 Å². The van der Waals surface area contributed by atoms with Crippen LogP contribution >= 0.6 is 0 Å². The fourth-order valence-electron chi connectivity index (χ4n) is 2.75. The number of hydrogen-bond acceptors (Lipinski definition) is 3. The topological polar surface area (TPSA) is 52.7 Å². The van der Waals surface area contributed by atoms with Gasteiger partial charge in [-0.25, -0.2) is 0 Å². The van der Waals surface area contributed by atoms with Crippen LogP contribution < -0.4 is 5.32 Å². The lowest BCUT2D eigenvalue weighted by molar-refractivity contribution is -0.130. The number of benzene rings is 1. The van der Waals surface area contributed by atoms with E-state index in [1.165, 1.54) is 18.1 Å². The van der Waals surface area contributed by atoms with Crippen molar-refractivity contribution in [2.24, 2.45) is 0 Å². The highest BCUT2D eigenvalue weighted by atomic mass is 16.2. The average Bonchev–Trinajstić information content (AvgIpc) is 2.48. The third-order valence-corrected chi connectivity index (χ3v) is 4.00. The van der Waals surface area contributed by atoms with Gasteiger partial charge in [0.2, 0.25) is 11.8 Å². The molecule has 0 aromatic heterocycles. The zero-order valence-corrected chi connectivity index (χ0v) is 13.5. The summed E-state index contributed by atoms with van der Waals surface area (Å²) in [5.74, 6) is 0.180. The molecule has 0 radical (unpaired) electrons. The fourth-order valence-corrected chi connectivity index (χ4v) is 2.75. The van der Waals surface area contributed by atoms with E-state index >= 15 is 0 Å². The van der Waals surface area contributed by atoms with Crippen LogP contribution in [0.1, 0.15) is 25.0 Å². The Kier molecular flexibility index (Phi) is 5.95. The number of carbonyl (C=O) groups excluding carboxylic acids is 2. The number of rotatable bonds is 5. The van der Waals surface area contributed by atoms with Gasteiger partial charge in [-0.1, -0.05) is 24.3 Å². The van der Waals surface area contributed by atoms with Crippen LogP contribution in [0.5, 0.6) is 0 Å². The second-order valence-corrected chi connectivity index (χ2v) is 5.84. The molecule has 1 saturated heterocycles. The quantitative estimate of drug-likeness (QED) is 0.884. The Labute approximate surface area is 132 Å². The monoisotopic (exact) mass is 303 g/mol. The van der Waals surface area contributed by atoms with E-state index in [0.717, 1.165) is 39.1 Å². The van der Waals surface area contributed by atoms with E-state index in [1.54, 1.807) is 6.92 Å². The van der Waals surface area contributed by atoms with Crippen LogP contribution in [0.2, 0.25) is 0 Å². The zero-order chi connectivity index (χ0) is 15.9. The summed E-state index contributed by atoms with van der Waals surface area (Å²) < 4.78 is 0. The minimum atomic E-state index is 0.0134. The molecule has 0 bridgehead atoms. The maximum Gasteiger partial charge on any atom is 0.219 e. The summed E-state index contributed by atoms with van der Waals surface area (Å²) in [6, 6.07) is 8.52. The normalized spacial score (nSPS) is 15.6. The molecule has 0 atom stereocenters. The van der Waals surface area contributed by atoms with E-state index in [1.807, 2.05) is 4.90 Å². The molecule has 1 heterocycles. The molecular formula is C17H25N3O2. The summed E-state index contributed by atoms with van der Waals surface area (Å²) in [6.07, 6.45) is 0.853. The second kappa shape index (κ2) is 7.94. The van der Waals surface area contributed by atoms with Gasteiger partial charge in [0.25, 0.3) is 0 Å². The molecule has 0 saturated carbocycles. The van der Waals surface area contributed by atoms with Crippen LogP contribution in [0.25, 0.3) is 0 Å². The molecule has 0 spiro atoms. The molecule has 1 aromatic rings. The summed E-state index contributed by atoms with van der Waals surface area (Å²) >= 11 is 0. The van der Waals surface area contributed by atoms with Crippen molar-refractivity contribution in [2.75, 3.05) is 32.7 Å². The van der Waals surface area contributed by atoms with Gasteiger partial charge >= 0.3 is 0 Å². The molecule has 1 aromatic carbocycles. The van der Waals surface area contributed by atoms with Crippen molar-refractivity contribution in [3.63, 3.8) is 0 Å². The van der Waals surface area contributed by atoms with Crippen molar-refractivity contribution >= 4 is 11.8 Å². The second-order valence-electron chi connectivity index (χ2n) is 5.84. The highest BCUT2D eigenvalue weighted by Gasteiger charge is 2.18. The predicted molar refractivity (Wildman–Crippen MR) is 86.4 cm³/mol. The van der Waals surface area contributed by atoms with Crippen molar-refractivity contribution in [2.45, 2.75) is 26.8 Å². The lowest BCUT2D eigenvalue weighted by Crippen LogP contribution is -2.47. The number of hydrogen-bond donors (Lipinski definition) is 1. The van der Waals surface area contributed by atoms with E-state index < -0.39 is 0 Å². The lowest BCUT2D eigenvalue weighted by Gasteiger charge is -2.34. The molecule has 0 unspecified atom stereocenters. The summed E-state index contributed by atoms with van der Waals surface area (Å²) in [5, 5.41) is 2.82. The van der Waals surface area contributed by atoms with Crippen molar-refractivity contribution in [3.05, 3.63) is 35.4 Å². The van der Waals surface area contributed by atoms with Crippen LogP contribution in [0, 0.1) is 0 Å². The van der Waals surface area contributed by atoms with Crippen molar-refractivity contribution in [1.82, 2.24) is 15.1 Å². The Morgan fingerprint density at radius 3 is 2.41 bits per heavy atom. The predicted octanol–water partition coefficient (Wildman–Crippen LogP) is 1.03. The van der Waals surface area contributed by atoms with Gasteiger partial charge < -0.3 is 10.2 Å². The fraction of sp³-hybridized carbons (Fsp3) is 0.529. The van der Waals surface area contributed by atoms with Crippen molar-refractivity contribution < 1.29 is 9.59 Å². The van der Waals surface area contributed by atoms with Crippen molar-refractivity contribution in [1.29, 1.82) is 0 Å². The number of carbonyl (C=O) groups is 2. The minimum Gasteiger partial charge on any atom is -0.356 e. The molecule has 1 aliphatic heterocycles. The third-order valence-electron chi connectivity index (χ3n) is 4.00. The lowest BCUT2D eigenvalue weighted by atomic mass is 10.1. The van der Waals surface area contributed by atoms with Gasteiger partial charge in [0, 0.05) is 53.1 Å². The standard InChI is InChI=1S/C17H25N3O2/c1-14(21)18-7-6-16-4-3-5-17(12-16)13-19-8-10-20(11-9-19)15(2)22/h3-5,12H,6-11,13H2,1-2H3,(H,18,21). The first-order chi connectivity index (χ1) is 10.5. The molecule has 2 amide bonds. The summed E-state index contributed by atoms with van der Waals surface area (Å²) in [4.78, 5) is 26.5. The number of nitrogens with zero attached hydrogens (tertiary/aromatic N) is 2. The Hall–Kier alpha value is -1.88. The Bertz CT molecular complexity index is 522. The molecule has 1 N–H and O–H groups in total. The maximum atomic E-state index is 11.3. The number of piperazine rings is 1. The van der Waals surface area contributed by atoms with Gasteiger partial charge in [0.05, 0.1) is 0 Å². The van der Waals surface area contributed by atoms with Gasteiger partial charge in [-0.05, 0) is 17.5 Å². The van der Waals surface area contributed by atoms with Crippen LogP contribution in [0.15, 0.2) is 24.3 Å². The van der Waals surface area contributed by atoms with E-state index in [4.69, 9.17) is 0 Å². The van der Waals surface area contributed by atoms with E-state index in [0.29, 0.717) is 6.54 Å². The Balaban J connectivity index is 1.83. The molecule has 5 heteroatoms. The summed E-state index contributed by atoms with van der Waals surface area (Å²) in [6.45, 7) is 8.25. The Morgan fingerprint density at radius 1 is 1.09 bits per heavy atom. The van der Waals surface area contributed by atoms with Crippen LogP contribution in [-0.4, -0.2) is 54.3 Å². The van der Waals surface area contributed by atoms with E-state index in [9.17, 15) is 9.59 Å². The minimum absolute atomic E-state index is 0.0134. The smallest absolute Gasteiger partial charge is 0.219 e. The number of amides is 2. The van der Waals surface area contributed by atoms with Gasteiger partial charge in [0.1, 0.15) is 0 Å². The summed E-state index contributed by atoms with van der Waals surface area (Å²) in [7, 11) is 0. The van der Waals surface area contributed by atoms with Gasteiger partial charge in [-0.15, -0.1) is 0 Å². The molecular weight excluding hydrogens is 278 g/mol. The van der Waals surface area contributed by atoms with Crippen molar-refractivity contribution in [3.8, 4) is 0 Å². The largest absolute Gasteiger partial charge is 0.356 e. The van der Waals surface area contributed by atoms with E-state index in [2.05, 4.69) is 34.5 Å². The average molecular weight is 303 g/mol. The third kappa shape index (κ3) is 5.15. The molecule has 2 rings (SSSR count). The van der Waals surface area contributed by atoms with Gasteiger partial charge in [0.15, 0.2) is 0 Å². The number of nitrogens with one attached hydrogen (secondary N) is 1. The molecule has 5 nitrogen and oxygen atoms in total. The highest BCUT2D eigenvalue weighted by molar-refractivity contribution is 5.73. The molecule has 1 aliphatic rings.